The molecule has 0 bridgehead atoms. The number of esters is 1. The molecular weight excluding hydrogens is 164 g/mol. The number of hydrogen-bond donors (Lipinski definition) is 0. The van der Waals surface area contributed by atoms with Gasteiger partial charge in [0.2, 0.25) is 0 Å². The highest BCUT2D eigenvalue weighted by molar-refractivity contribution is 5.74. The van der Waals surface area contributed by atoms with Crippen molar-refractivity contribution >= 4 is 5.97 Å². The lowest BCUT2D eigenvalue weighted by Gasteiger charge is -2.10. The molecule has 0 spiro atoms. The summed E-state index contributed by atoms with van der Waals surface area (Å²) in [7, 11) is 1.44. The molecule has 0 radical (unpaired) electrons. The molecule has 2 nitrogen and oxygen atoms in total. The van der Waals surface area contributed by atoms with Crippen LogP contribution in [-0.4, -0.2) is 13.1 Å². The second-order valence-electron chi connectivity index (χ2n) is 3.52. The third-order valence-electron chi connectivity index (χ3n) is 1.91. The molecule has 13 heavy (non-hydrogen) atoms. The van der Waals surface area contributed by atoms with Crippen LogP contribution in [-0.2, 0) is 9.53 Å². The van der Waals surface area contributed by atoms with Gasteiger partial charge in [0.15, 0.2) is 0 Å². The minimum Gasteiger partial charge on any atom is -0.469 e. The topological polar surface area (TPSA) is 26.3 Å². The number of unbranched alkanes of at least 4 members (excludes halogenated alkanes) is 1. The van der Waals surface area contributed by atoms with E-state index in [0.717, 1.165) is 19.3 Å². The standard InChI is InChI=1S/C11H20O2/c1-5-6-7-10(8-9(2)3)11(12)13-4/h8,10H,5-7H2,1-4H3. The van der Waals surface area contributed by atoms with Gasteiger partial charge in [0.1, 0.15) is 0 Å². The first kappa shape index (κ1) is 12.2. The van der Waals surface area contributed by atoms with E-state index >= 15 is 0 Å². The lowest BCUT2D eigenvalue weighted by atomic mass is 10.00. The van der Waals surface area contributed by atoms with Gasteiger partial charge in [-0.2, -0.15) is 0 Å². The molecule has 0 aromatic rings. The summed E-state index contributed by atoms with van der Waals surface area (Å²) in [5.41, 5.74) is 1.17. The van der Waals surface area contributed by atoms with Crippen molar-refractivity contribution in [1.82, 2.24) is 0 Å². The second-order valence-corrected chi connectivity index (χ2v) is 3.52. The molecule has 0 aliphatic carbocycles. The average molecular weight is 184 g/mol. The van der Waals surface area contributed by atoms with Gasteiger partial charge in [0, 0.05) is 0 Å². The van der Waals surface area contributed by atoms with Gasteiger partial charge in [0.05, 0.1) is 13.0 Å². The monoisotopic (exact) mass is 184 g/mol. The molecule has 0 aromatic heterocycles. The van der Waals surface area contributed by atoms with Crippen molar-refractivity contribution in [3.63, 3.8) is 0 Å². The second kappa shape index (κ2) is 6.70. The molecule has 0 N–H and O–H groups in total. The van der Waals surface area contributed by atoms with Crippen molar-refractivity contribution in [2.24, 2.45) is 5.92 Å². The maximum Gasteiger partial charge on any atom is 0.312 e. The van der Waals surface area contributed by atoms with Crippen molar-refractivity contribution in [3.8, 4) is 0 Å². The number of ether oxygens (including phenoxy) is 1. The van der Waals surface area contributed by atoms with Crippen LogP contribution in [0.4, 0.5) is 0 Å². The van der Waals surface area contributed by atoms with Crippen LogP contribution in [0.5, 0.6) is 0 Å². The Hall–Kier alpha value is -0.790. The third kappa shape index (κ3) is 5.45. The van der Waals surface area contributed by atoms with E-state index < -0.39 is 0 Å². The Labute approximate surface area is 81.0 Å². The summed E-state index contributed by atoms with van der Waals surface area (Å²) in [4.78, 5) is 11.3. The normalized spacial score (nSPS) is 12.0. The van der Waals surface area contributed by atoms with Crippen LogP contribution in [0.3, 0.4) is 0 Å². The zero-order valence-electron chi connectivity index (χ0n) is 9.09. The van der Waals surface area contributed by atoms with Crippen molar-refractivity contribution in [3.05, 3.63) is 11.6 Å². The van der Waals surface area contributed by atoms with E-state index in [0.29, 0.717) is 0 Å². The fourth-order valence-corrected chi connectivity index (χ4v) is 1.25. The van der Waals surface area contributed by atoms with E-state index in [1.54, 1.807) is 0 Å². The Morgan fingerprint density at radius 3 is 2.46 bits per heavy atom. The highest BCUT2D eigenvalue weighted by Gasteiger charge is 2.14. The minimum absolute atomic E-state index is 0.0463. The third-order valence-corrected chi connectivity index (χ3v) is 1.91. The van der Waals surface area contributed by atoms with Crippen LogP contribution in [0.1, 0.15) is 40.0 Å². The molecule has 0 amide bonds. The average Bonchev–Trinajstić information content (AvgIpc) is 2.10. The van der Waals surface area contributed by atoms with Gasteiger partial charge in [-0.3, -0.25) is 4.79 Å². The van der Waals surface area contributed by atoms with Crippen LogP contribution >= 0.6 is 0 Å². The van der Waals surface area contributed by atoms with E-state index in [1.807, 2.05) is 19.9 Å². The van der Waals surface area contributed by atoms with Crippen LogP contribution in [0, 0.1) is 5.92 Å². The SMILES string of the molecule is CCCCC(C=C(C)C)C(=O)OC. The first-order valence-corrected chi connectivity index (χ1v) is 4.84. The maximum atomic E-state index is 11.3. The number of methoxy groups -OCH3 is 1. The van der Waals surface area contributed by atoms with Crippen LogP contribution in [0.15, 0.2) is 11.6 Å². The molecule has 0 aromatic carbocycles. The Bertz CT molecular complexity index is 179. The van der Waals surface area contributed by atoms with Gasteiger partial charge < -0.3 is 4.74 Å². The Balaban J connectivity index is 4.19. The van der Waals surface area contributed by atoms with Gasteiger partial charge in [-0.05, 0) is 20.3 Å². The highest BCUT2D eigenvalue weighted by atomic mass is 16.5. The van der Waals surface area contributed by atoms with Crippen LogP contribution < -0.4 is 0 Å². The van der Waals surface area contributed by atoms with Gasteiger partial charge in [0.25, 0.3) is 0 Å². The van der Waals surface area contributed by atoms with E-state index in [1.165, 1.54) is 12.7 Å². The summed E-state index contributed by atoms with van der Waals surface area (Å²) in [5.74, 6) is -0.162. The summed E-state index contributed by atoms with van der Waals surface area (Å²) in [6.07, 6.45) is 5.07. The molecule has 2 heteroatoms. The molecule has 0 saturated carbocycles. The largest absolute Gasteiger partial charge is 0.469 e. The smallest absolute Gasteiger partial charge is 0.312 e. The Kier molecular flexibility index (Phi) is 6.29. The highest BCUT2D eigenvalue weighted by Crippen LogP contribution is 2.13. The van der Waals surface area contributed by atoms with E-state index in [2.05, 4.69) is 6.92 Å². The molecule has 0 saturated heterocycles. The van der Waals surface area contributed by atoms with Gasteiger partial charge >= 0.3 is 5.97 Å². The molecule has 0 rings (SSSR count). The predicted molar refractivity (Wildman–Crippen MR) is 54.5 cm³/mol. The first-order valence-electron chi connectivity index (χ1n) is 4.84. The van der Waals surface area contributed by atoms with Crippen molar-refractivity contribution in [2.45, 2.75) is 40.0 Å². The molecule has 1 unspecified atom stereocenters. The number of hydrogen-bond acceptors (Lipinski definition) is 2. The number of allylic oxidation sites excluding steroid dienone is 1. The summed E-state index contributed by atoms with van der Waals surface area (Å²) in [6, 6.07) is 0. The van der Waals surface area contributed by atoms with E-state index in [9.17, 15) is 4.79 Å². The molecule has 0 aliphatic heterocycles. The number of carbonyl (C=O) groups excluding carboxylic acids is 1. The fraction of sp³-hybridized carbons (Fsp3) is 0.727. The molecule has 76 valence electrons. The molecule has 0 aliphatic rings. The van der Waals surface area contributed by atoms with E-state index in [4.69, 9.17) is 4.74 Å². The summed E-state index contributed by atoms with van der Waals surface area (Å²) in [6.45, 7) is 6.13. The quantitative estimate of drug-likeness (QED) is 0.485. The van der Waals surface area contributed by atoms with Crippen molar-refractivity contribution < 1.29 is 9.53 Å². The Morgan fingerprint density at radius 2 is 2.08 bits per heavy atom. The molecule has 1 atom stereocenters. The zero-order valence-corrected chi connectivity index (χ0v) is 9.09. The number of carbonyl (C=O) groups is 1. The maximum absolute atomic E-state index is 11.3. The fourth-order valence-electron chi connectivity index (χ4n) is 1.25. The minimum atomic E-state index is -0.116. The lowest BCUT2D eigenvalue weighted by molar-refractivity contribution is -0.143. The van der Waals surface area contributed by atoms with Gasteiger partial charge in [-0.25, -0.2) is 0 Å². The summed E-state index contributed by atoms with van der Waals surface area (Å²) < 4.78 is 4.73. The Morgan fingerprint density at radius 1 is 1.46 bits per heavy atom. The number of rotatable bonds is 5. The molecule has 0 fully saturated rings. The zero-order chi connectivity index (χ0) is 10.3. The summed E-state index contributed by atoms with van der Waals surface area (Å²) in [5, 5.41) is 0. The summed E-state index contributed by atoms with van der Waals surface area (Å²) >= 11 is 0. The lowest BCUT2D eigenvalue weighted by Crippen LogP contribution is -2.14. The predicted octanol–water partition coefficient (Wildman–Crippen LogP) is 2.93. The van der Waals surface area contributed by atoms with Crippen LogP contribution in [0.25, 0.3) is 0 Å². The molecule has 0 heterocycles. The molecular formula is C11H20O2. The van der Waals surface area contributed by atoms with Gasteiger partial charge in [-0.15, -0.1) is 0 Å². The van der Waals surface area contributed by atoms with Crippen molar-refractivity contribution in [2.75, 3.05) is 7.11 Å². The van der Waals surface area contributed by atoms with Gasteiger partial charge in [-0.1, -0.05) is 31.4 Å². The van der Waals surface area contributed by atoms with Crippen molar-refractivity contribution in [1.29, 1.82) is 0 Å². The first-order chi connectivity index (χ1) is 6.11. The van der Waals surface area contributed by atoms with Crippen LogP contribution in [0.2, 0.25) is 0 Å². The van der Waals surface area contributed by atoms with E-state index in [-0.39, 0.29) is 11.9 Å².